The minimum absolute atomic E-state index is 0.410. The Morgan fingerprint density at radius 1 is 0.944 bits per heavy atom. The van der Waals surface area contributed by atoms with E-state index in [9.17, 15) is 0 Å². The van der Waals surface area contributed by atoms with Gasteiger partial charge in [-0.3, -0.25) is 0 Å². The van der Waals surface area contributed by atoms with E-state index in [4.69, 9.17) is 15.2 Å². The standard InChI is InChI=1S/C13H13N3O2/c14-13-5-3-10(15-16-13)9-2-4-11-12(8-9)18-7-1-6-17-11/h2-5,8H,1,6-7H2,(H2,14,16). The van der Waals surface area contributed by atoms with Crippen LogP contribution in [0.15, 0.2) is 30.3 Å². The number of hydrogen-bond acceptors (Lipinski definition) is 5. The van der Waals surface area contributed by atoms with E-state index in [2.05, 4.69) is 10.2 Å². The first-order chi connectivity index (χ1) is 8.83. The van der Waals surface area contributed by atoms with Crippen LogP contribution in [0.3, 0.4) is 0 Å². The number of nitrogens with zero attached hydrogens (tertiary/aromatic N) is 2. The van der Waals surface area contributed by atoms with Crippen molar-refractivity contribution in [2.75, 3.05) is 18.9 Å². The van der Waals surface area contributed by atoms with Crippen LogP contribution in [0.25, 0.3) is 11.3 Å². The van der Waals surface area contributed by atoms with Crippen LogP contribution in [0.4, 0.5) is 5.82 Å². The van der Waals surface area contributed by atoms with Gasteiger partial charge in [-0.2, -0.15) is 0 Å². The summed E-state index contributed by atoms with van der Waals surface area (Å²) < 4.78 is 11.2. The number of nitrogens with two attached hydrogens (primary N) is 1. The average Bonchev–Trinajstić information content (AvgIpc) is 2.64. The van der Waals surface area contributed by atoms with Gasteiger partial charge in [-0.05, 0) is 30.3 Å². The molecule has 3 rings (SSSR count). The van der Waals surface area contributed by atoms with Crippen molar-refractivity contribution < 1.29 is 9.47 Å². The van der Waals surface area contributed by atoms with E-state index < -0.39 is 0 Å². The summed E-state index contributed by atoms with van der Waals surface area (Å²) in [5.41, 5.74) is 7.22. The van der Waals surface area contributed by atoms with Crippen molar-refractivity contribution in [3.05, 3.63) is 30.3 Å². The summed E-state index contributed by atoms with van der Waals surface area (Å²) in [5, 5.41) is 7.89. The zero-order valence-corrected chi connectivity index (χ0v) is 9.80. The van der Waals surface area contributed by atoms with E-state index in [1.165, 1.54) is 0 Å². The Kier molecular flexibility index (Phi) is 2.72. The molecule has 0 spiro atoms. The number of nitrogen functional groups attached to an aromatic ring is 1. The van der Waals surface area contributed by atoms with Crippen LogP contribution >= 0.6 is 0 Å². The zero-order chi connectivity index (χ0) is 12.4. The number of rotatable bonds is 1. The first kappa shape index (κ1) is 10.8. The van der Waals surface area contributed by atoms with Crippen molar-refractivity contribution in [3.63, 3.8) is 0 Å². The second-order valence-corrected chi connectivity index (χ2v) is 4.06. The number of fused-ring (bicyclic) bond motifs is 1. The fourth-order valence-electron chi connectivity index (χ4n) is 1.82. The molecule has 2 heterocycles. The normalized spacial score (nSPS) is 14.0. The molecule has 1 aliphatic rings. The molecule has 0 saturated carbocycles. The summed E-state index contributed by atoms with van der Waals surface area (Å²) in [6, 6.07) is 9.32. The van der Waals surface area contributed by atoms with Crippen LogP contribution in [0.1, 0.15) is 6.42 Å². The SMILES string of the molecule is Nc1ccc(-c2ccc3c(c2)OCCCO3)nn1. The Morgan fingerprint density at radius 2 is 1.78 bits per heavy atom. The number of hydrogen-bond donors (Lipinski definition) is 1. The molecule has 5 nitrogen and oxygen atoms in total. The van der Waals surface area contributed by atoms with Crippen molar-refractivity contribution in [1.29, 1.82) is 0 Å². The quantitative estimate of drug-likeness (QED) is 0.828. The van der Waals surface area contributed by atoms with Gasteiger partial charge in [-0.25, -0.2) is 0 Å². The van der Waals surface area contributed by atoms with Crippen molar-refractivity contribution in [2.24, 2.45) is 0 Å². The third kappa shape index (κ3) is 2.07. The van der Waals surface area contributed by atoms with E-state index in [0.29, 0.717) is 19.0 Å². The van der Waals surface area contributed by atoms with E-state index >= 15 is 0 Å². The van der Waals surface area contributed by atoms with E-state index in [-0.39, 0.29) is 0 Å². The molecule has 0 unspecified atom stereocenters. The van der Waals surface area contributed by atoms with Gasteiger partial charge in [0.15, 0.2) is 11.5 Å². The molecule has 18 heavy (non-hydrogen) atoms. The van der Waals surface area contributed by atoms with Crippen molar-refractivity contribution in [3.8, 4) is 22.8 Å². The van der Waals surface area contributed by atoms with Crippen molar-refractivity contribution in [1.82, 2.24) is 10.2 Å². The summed E-state index contributed by atoms with van der Waals surface area (Å²) in [6.07, 6.45) is 0.895. The minimum atomic E-state index is 0.410. The molecule has 0 fully saturated rings. The van der Waals surface area contributed by atoms with Gasteiger partial charge in [-0.15, -0.1) is 10.2 Å². The fourth-order valence-corrected chi connectivity index (χ4v) is 1.82. The molecule has 5 heteroatoms. The van der Waals surface area contributed by atoms with Crippen molar-refractivity contribution in [2.45, 2.75) is 6.42 Å². The summed E-state index contributed by atoms with van der Waals surface area (Å²) in [6.45, 7) is 1.36. The first-order valence-corrected chi connectivity index (χ1v) is 5.82. The number of benzene rings is 1. The highest BCUT2D eigenvalue weighted by Crippen LogP contribution is 2.33. The number of aromatic nitrogens is 2. The maximum absolute atomic E-state index is 5.64. The molecule has 0 amide bonds. The lowest BCUT2D eigenvalue weighted by Crippen LogP contribution is -1.97. The molecule has 1 aromatic carbocycles. The Hall–Kier alpha value is -2.30. The second kappa shape index (κ2) is 4.52. The molecule has 2 N–H and O–H groups in total. The lowest BCUT2D eigenvalue weighted by atomic mass is 10.1. The third-order valence-electron chi connectivity index (χ3n) is 2.73. The van der Waals surface area contributed by atoms with Gasteiger partial charge >= 0.3 is 0 Å². The zero-order valence-electron chi connectivity index (χ0n) is 9.80. The summed E-state index contributed by atoms with van der Waals surface area (Å²) in [7, 11) is 0. The monoisotopic (exact) mass is 243 g/mol. The van der Waals surface area contributed by atoms with Gasteiger partial charge in [0.1, 0.15) is 5.82 Å². The lowest BCUT2D eigenvalue weighted by molar-refractivity contribution is 0.297. The maximum atomic E-state index is 5.64. The second-order valence-electron chi connectivity index (χ2n) is 4.06. The molecule has 2 aromatic rings. The van der Waals surface area contributed by atoms with Gasteiger partial charge in [0.2, 0.25) is 0 Å². The van der Waals surface area contributed by atoms with Crippen LogP contribution in [0.2, 0.25) is 0 Å². The molecular formula is C13H13N3O2. The van der Waals surface area contributed by atoms with Crippen LogP contribution < -0.4 is 15.2 Å². The van der Waals surface area contributed by atoms with Gasteiger partial charge in [0.25, 0.3) is 0 Å². The average molecular weight is 243 g/mol. The van der Waals surface area contributed by atoms with Gasteiger partial charge in [-0.1, -0.05) is 0 Å². The third-order valence-corrected chi connectivity index (χ3v) is 2.73. The number of anilines is 1. The Labute approximate surface area is 105 Å². The highest BCUT2D eigenvalue weighted by atomic mass is 16.5. The van der Waals surface area contributed by atoms with Crippen LogP contribution in [0, 0.1) is 0 Å². The van der Waals surface area contributed by atoms with Crippen LogP contribution in [-0.2, 0) is 0 Å². The predicted octanol–water partition coefficient (Wildman–Crippen LogP) is 1.89. The molecule has 0 bridgehead atoms. The molecule has 0 radical (unpaired) electrons. The highest BCUT2D eigenvalue weighted by Gasteiger charge is 2.11. The molecule has 1 aliphatic heterocycles. The van der Waals surface area contributed by atoms with E-state index in [1.54, 1.807) is 6.07 Å². The summed E-state index contributed by atoms with van der Waals surface area (Å²) in [5.74, 6) is 1.94. The lowest BCUT2D eigenvalue weighted by Gasteiger charge is -2.08. The Balaban J connectivity index is 1.98. The predicted molar refractivity (Wildman–Crippen MR) is 67.5 cm³/mol. The largest absolute Gasteiger partial charge is 0.490 e. The van der Waals surface area contributed by atoms with Crippen LogP contribution in [0.5, 0.6) is 11.5 Å². The first-order valence-electron chi connectivity index (χ1n) is 5.82. The van der Waals surface area contributed by atoms with Crippen LogP contribution in [-0.4, -0.2) is 23.4 Å². The van der Waals surface area contributed by atoms with E-state index in [1.807, 2.05) is 24.3 Å². The molecular weight excluding hydrogens is 230 g/mol. The van der Waals surface area contributed by atoms with Gasteiger partial charge in [0.05, 0.1) is 18.9 Å². The molecule has 0 aliphatic carbocycles. The van der Waals surface area contributed by atoms with E-state index in [0.717, 1.165) is 29.2 Å². The van der Waals surface area contributed by atoms with Crippen molar-refractivity contribution >= 4 is 5.82 Å². The highest BCUT2D eigenvalue weighted by molar-refractivity contribution is 5.64. The Morgan fingerprint density at radius 3 is 2.56 bits per heavy atom. The minimum Gasteiger partial charge on any atom is -0.490 e. The Bertz CT molecular complexity index is 555. The topological polar surface area (TPSA) is 70.3 Å². The molecule has 92 valence electrons. The molecule has 0 atom stereocenters. The summed E-state index contributed by atoms with van der Waals surface area (Å²) >= 11 is 0. The fraction of sp³-hybridized carbons (Fsp3) is 0.231. The molecule has 0 saturated heterocycles. The summed E-state index contributed by atoms with van der Waals surface area (Å²) in [4.78, 5) is 0. The van der Waals surface area contributed by atoms with Gasteiger partial charge in [0, 0.05) is 12.0 Å². The number of ether oxygens (including phenoxy) is 2. The smallest absolute Gasteiger partial charge is 0.161 e. The molecule has 1 aromatic heterocycles. The maximum Gasteiger partial charge on any atom is 0.161 e. The van der Waals surface area contributed by atoms with Gasteiger partial charge < -0.3 is 15.2 Å².